The number of rotatable bonds is 6. The van der Waals surface area contributed by atoms with Crippen LogP contribution >= 0.6 is 0 Å². The molecule has 0 spiro atoms. The molecule has 0 aliphatic rings. The molecule has 25 heavy (non-hydrogen) atoms. The minimum absolute atomic E-state index is 0.0694. The van der Waals surface area contributed by atoms with Gasteiger partial charge < -0.3 is 15.7 Å². The molecular formula is C14H12F6N4O. The van der Waals surface area contributed by atoms with Crippen LogP contribution in [0.25, 0.3) is 0 Å². The summed E-state index contributed by atoms with van der Waals surface area (Å²) in [6, 6.07) is 1.59. The molecule has 0 amide bonds. The molecule has 2 aromatic rings. The van der Waals surface area contributed by atoms with E-state index < -0.39 is 46.8 Å². The van der Waals surface area contributed by atoms with Gasteiger partial charge in [-0.05, 0) is 18.6 Å². The summed E-state index contributed by atoms with van der Waals surface area (Å²) in [7, 11) is 0. The average molecular weight is 366 g/mol. The van der Waals surface area contributed by atoms with Gasteiger partial charge in [-0.15, -0.1) is 0 Å². The third kappa shape index (κ3) is 4.72. The molecule has 0 fully saturated rings. The number of anilines is 3. The Hall–Kier alpha value is -2.56. The summed E-state index contributed by atoms with van der Waals surface area (Å²) < 4.78 is 79.2. The Morgan fingerprint density at radius 3 is 2.36 bits per heavy atom. The van der Waals surface area contributed by atoms with Crippen LogP contribution in [0.1, 0.15) is 12.1 Å². The van der Waals surface area contributed by atoms with E-state index in [-0.39, 0.29) is 19.6 Å². The number of aliphatic hydroxyl groups is 1. The van der Waals surface area contributed by atoms with Crippen molar-refractivity contribution >= 4 is 17.5 Å². The van der Waals surface area contributed by atoms with E-state index in [9.17, 15) is 26.3 Å². The van der Waals surface area contributed by atoms with Crippen molar-refractivity contribution in [2.75, 3.05) is 23.8 Å². The lowest BCUT2D eigenvalue weighted by molar-refractivity contribution is -0.141. The fourth-order valence-corrected chi connectivity index (χ4v) is 1.78. The fraction of sp³-hybridized carbons (Fsp3) is 0.286. The quantitative estimate of drug-likeness (QED) is 0.415. The number of hydrogen-bond donors (Lipinski definition) is 3. The smallest absolute Gasteiger partial charge is 0.396 e. The summed E-state index contributed by atoms with van der Waals surface area (Å²) in [5.41, 5.74) is -2.35. The predicted molar refractivity (Wildman–Crippen MR) is 76.8 cm³/mol. The van der Waals surface area contributed by atoms with Gasteiger partial charge in [-0.3, -0.25) is 0 Å². The Balaban J connectivity index is 2.39. The monoisotopic (exact) mass is 366 g/mol. The molecule has 136 valence electrons. The van der Waals surface area contributed by atoms with E-state index in [4.69, 9.17) is 5.11 Å². The zero-order chi connectivity index (χ0) is 18.6. The number of nitrogens with one attached hydrogen (secondary N) is 2. The van der Waals surface area contributed by atoms with E-state index in [0.29, 0.717) is 18.2 Å². The molecule has 2 rings (SSSR count). The number of aromatic nitrogens is 2. The van der Waals surface area contributed by atoms with Gasteiger partial charge >= 0.3 is 6.18 Å². The second-order valence-electron chi connectivity index (χ2n) is 4.81. The van der Waals surface area contributed by atoms with E-state index >= 15 is 0 Å². The molecule has 0 aliphatic heterocycles. The van der Waals surface area contributed by atoms with Crippen molar-refractivity contribution in [2.45, 2.75) is 12.6 Å². The molecule has 5 nitrogen and oxygen atoms in total. The molecule has 1 heterocycles. The first-order valence-corrected chi connectivity index (χ1v) is 6.94. The molecule has 1 aromatic carbocycles. The van der Waals surface area contributed by atoms with Crippen LogP contribution in [0.5, 0.6) is 0 Å². The van der Waals surface area contributed by atoms with Gasteiger partial charge in [-0.1, -0.05) is 0 Å². The maximum Gasteiger partial charge on any atom is 0.433 e. The van der Waals surface area contributed by atoms with E-state index in [1.807, 2.05) is 5.32 Å². The van der Waals surface area contributed by atoms with Gasteiger partial charge in [0.2, 0.25) is 5.95 Å². The Bertz CT molecular complexity index is 753. The summed E-state index contributed by atoms with van der Waals surface area (Å²) >= 11 is 0. The van der Waals surface area contributed by atoms with Gasteiger partial charge in [0.15, 0.2) is 17.3 Å². The first kappa shape index (κ1) is 18.8. The van der Waals surface area contributed by atoms with E-state index in [2.05, 4.69) is 15.3 Å². The second-order valence-corrected chi connectivity index (χ2v) is 4.81. The number of halogens is 6. The largest absolute Gasteiger partial charge is 0.433 e. The average Bonchev–Trinajstić information content (AvgIpc) is 2.54. The molecule has 3 N–H and O–H groups in total. The topological polar surface area (TPSA) is 70.1 Å². The summed E-state index contributed by atoms with van der Waals surface area (Å²) in [6.07, 6.45) is -4.62. The molecule has 0 atom stereocenters. The molecule has 0 saturated carbocycles. The lowest BCUT2D eigenvalue weighted by atomic mass is 10.2. The van der Waals surface area contributed by atoms with Crippen LogP contribution in [0.4, 0.5) is 43.8 Å². The summed E-state index contributed by atoms with van der Waals surface area (Å²) in [5.74, 6) is -5.24. The van der Waals surface area contributed by atoms with E-state index in [1.54, 1.807) is 0 Å². The van der Waals surface area contributed by atoms with Crippen molar-refractivity contribution in [1.82, 2.24) is 9.97 Å². The number of aliphatic hydroxyl groups excluding tert-OH is 1. The first-order valence-electron chi connectivity index (χ1n) is 6.94. The highest BCUT2D eigenvalue weighted by molar-refractivity contribution is 5.59. The van der Waals surface area contributed by atoms with Crippen molar-refractivity contribution < 1.29 is 31.4 Å². The third-order valence-corrected chi connectivity index (χ3v) is 2.93. The third-order valence-electron chi connectivity index (χ3n) is 2.93. The lowest BCUT2D eigenvalue weighted by Gasteiger charge is -2.13. The summed E-state index contributed by atoms with van der Waals surface area (Å²) in [5, 5.41) is 13.1. The van der Waals surface area contributed by atoms with Crippen molar-refractivity contribution in [3.63, 3.8) is 0 Å². The van der Waals surface area contributed by atoms with Gasteiger partial charge in [-0.25, -0.2) is 18.2 Å². The van der Waals surface area contributed by atoms with Gasteiger partial charge in [-0.2, -0.15) is 18.2 Å². The van der Waals surface area contributed by atoms with Crippen molar-refractivity contribution in [2.24, 2.45) is 0 Å². The van der Waals surface area contributed by atoms with Crippen molar-refractivity contribution in [3.05, 3.63) is 41.3 Å². The normalized spacial score (nSPS) is 11.5. The Kier molecular flexibility index (Phi) is 5.67. The van der Waals surface area contributed by atoms with Crippen LogP contribution in [0.3, 0.4) is 0 Å². The standard InChI is InChI=1S/C14H12F6N4O/c15-7-2-3-8(16)12(11(7)17)23-10-6-9(14(18,19)20)22-13(24-10)21-4-1-5-25/h2-3,6,25H,1,4-5H2,(H2,21,22,23,24). The van der Waals surface area contributed by atoms with E-state index in [1.165, 1.54) is 0 Å². The van der Waals surface area contributed by atoms with Crippen LogP contribution in [-0.4, -0.2) is 28.2 Å². The van der Waals surface area contributed by atoms with Crippen LogP contribution in [0.15, 0.2) is 18.2 Å². The number of nitrogens with zero attached hydrogens (tertiary/aromatic N) is 2. The lowest BCUT2D eigenvalue weighted by Crippen LogP contribution is -2.14. The van der Waals surface area contributed by atoms with E-state index in [0.717, 1.165) is 0 Å². The number of hydrogen-bond acceptors (Lipinski definition) is 5. The van der Waals surface area contributed by atoms with Crippen molar-refractivity contribution in [1.29, 1.82) is 0 Å². The molecule has 0 aliphatic carbocycles. The zero-order valence-electron chi connectivity index (χ0n) is 12.5. The highest BCUT2D eigenvalue weighted by Crippen LogP contribution is 2.31. The second kappa shape index (κ2) is 7.55. The Morgan fingerprint density at radius 1 is 1.04 bits per heavy atom. The SMILES string of the molecule is OCCCNc1nc(Nc2c(F)ccc(F)c2F)cc(C(F)(F)F)n1. The van der Waals surface area contributed by atoms with Crippen LogP contribution in [-0.2, 0) is 6.18 Å². The minimum atomic E-state index is -4.84. The van der Waals surface area contributed by atoms with Gasteiger partial charge in [0.1, 0.15) is 17.3 Å². The van der Waals surface area contributed by atoms with Crippen LogP contribution in [0.2, 0.25) is 0 Å². The highest BCUT2D eigenvalue weighted by Gasteiger charge is 2.34. The number of benzene rings is 1. The Labute approximate surface area is 137 Å². The maximum atomic E-state index is 13.6. The predicted octanol–water partition coefficient (Wildman–Crippen LogP) is 3.45. The molecule has 0 bridgehead atoms. The summed E-state index contributed by atoms with van der Waals surface area (Å²) in [4.78, 5) is 6.91. The van der Waals surface area contributed by atoms with Gasteiger partial charge in [0.05, 0.1) is 0 Å². The highest BCUT2D eigenvalue weighted by atomic mass is 19.4. The Morgan fingerprint density at radius 2 is 1.72 bits per heavy atom. The van der Waals surface area contributed by atoms with Gasteiger partial charge in [0, 0.05) is 19.2 Å². The fourth-order valence-electron chi connectivity index (χ4n) is 1.78. The maximum absolute atomic E-state index is 13.6. The van der Waals surface area contributed by atoms with Crippen molar-refractivity contribution in [3.8, 4) is 0 Å². The molecule has 0 unspecified atom stereocenters. The molecule has 11 heteroatoms. The van der Waals surface area contributed by atoms with Crippen LogP contribution in [0, 0.1) is 17.5 Å². The summed E-state index contributed by atoms with van der Waals surface area (Å²) in [6.45, 7) is -0.142. The molecular weight excluding hydrogens is 354 g/mol. The van der Waals surface area contributed by atoms with Crippen LogP contribution < -0.4 is 10.6 Å². The molecule has 0 saturated heterocycles. The number of alkyl halides is 3. The molecule has 0 radical (unpaired) electrons. The molecule has 1 aromatic heterocycles. The zero-order valence-corrected chi connectivity index (χ0v) is 12.5. The first-order chi connectivity index (χ1) is 11.7. The minimum Gasteiger partial charge on any atom is -0.396 e. The van der Waals surface area contributed by atoms with Gasteiger partial charge in [0.25, 0.3) is 0 Å².